The number of carbonyl (C=O) groups excluding carboxylic acids is 1. The first-order valence-corrected chi connectivity index (χ1v) is 7.12. The lowest BCUT2D eigenvalue weighted by atomic mass is 10.1. The number of nitrogens with zero attached hydrogens (tertiary/aromatic N) is 2. The number of piperazine rings is 1. The van der Waals surface area contributed by atoms with Gasteiger partial charge in [0.15, 0.2) is 5.78 Å². The monoisotopic (exact) mass is 276 g/mol. The van der Waals surface area contributed by atoms with Crippen LogP contribution in [0.1, 0.15) is 24.2 Å². The van der Waals surface area contributed by atoms with Gasteiger partial charge in [0.25, 0.3) is 0 Å². The number of ketones is 1. The molecule has 1 aliphatic heterocycles. The molecule has 110 valence electrons. The van der Waals surface area contributed by atoms with Crippen LogP contribution in [0.5, 0.6) is 5.75 Å². The third-order valence-electron chi connectivity index (χ3n) is 4.21. The molecular weight excluding hydrogens is 252 g/mol. The molecule has 2 unspecified atom stereocenters. The number of ether oxygens (including phenoxy) is 1. The lowest BCUT2D eigenvalue weighted by Gasteiger charge is -2.42. The molecule has 20 heavy (non-hydrogen) atoms. The Morgan fingerprint density at radius 3 is 2.25 bits per heavy atom. The number of Topliss-reactive ketones (excluding diaryl/α,β-unsaturated/α-hetero) is 1. The van der Waals surface area contributed by atoms with E-state index in [4.69, 9.17) is 4.74 Å². The van der Waals surface area contributed by atoms with Crippen molar-refractivity contribution in [2.45, 2.75) is 25.9 Å². The molecule has 0 N–H and O–H groups in total. The van der Waals surface area contributed by atoms with E-state index < -0.39 is 0 Å². The van der Waals surface area contributed by atoms with Crippen LogP contribution in [0.25, 0.3) is 0 Å². The van der Waals surface area contributed by atoms with Crippen LogP contribution in [0, 0.1) is 0 Å². The quantitative estimate of drug-likeness (QED) is 0.786. The summed E-state index contributed by atoms with van der Waals surface area (Å²) in [6.45, 7) is 6.81. The zero-order valence-electron chi connectivity index (χ0n) is 12.8. The molecule has 1 fully saturated rings. The van der Waals surface area contributed by atoms with Crippen LogP contribution < -0.4 is 4.74 Å². The highest BCUT2D eigenvalue weighted by Crippen LogP contribution is 2.15. The van der Waals surface area contributed by atoms with E-state index in [0.29, 0.717) is 18.6 Å². The van der Waals surface area contributed by atoms with E-state index in [-0.39, 0.29) is 5.78 Å². The molecule has 0 amide bonds. The molecular formula is C16H24N2O2. The fourth-order valence-electron chi connectivity index (χ4n) is 2.71. The summed E-state index contributed by atoms with van der Waals surface area (Å²) >= 11 is 0. The Kier molecular flexibility index (Phi) is 4.78. The topological polar surface area (TPSA) is 32.8 Å². The van der Waals surface area contributed by atoms with Crippen molar-refractivity contribution >= 4 is 5.78 Å². The fraction of sp³-hybridized carbons (Fsp3) is 0.562. The van der Waals surface area contributed by atoms with Gasteiger partial charge < -0.3 is 4.74 Å². The van der Waals surface area contributed by atoms with E-state index in [1.54, 1.807) is 7.11 Å². The number of hydrogen-bond donors (Lipinski definition) is 0. The number of carbonyl (C=O) groups is 1. The van der Waals surface area contributed by atoms with Crippen molar-refractivity contribution in [1.82, 2.24) is 9.80 Å². The van der Waals surface area contributed by atoms with E-state index in [0.717, 1.165) is 24.4 Å². The summed E-state index contributed by atoms with van der Waals surface area (Å²) < 4.78 is 5.11. The van der Waals surface area contributed by atoms with E-state index in [1.165, 1.54) is 0 Å². The average molecular weight is 276 g/mol. The molecule has 2 rings (SSSR count). The Hall–Kier alpha value is -1.39. The largest absolute Gasteiger partial charge is 0.497 e. The molecule has 4 nitrogen and oxygen atoms in total. The number of hydrogen-bond acceptors (Lipinski definition) is 4. The maximum Gasteiger partial charge on any atom is 0.176 e. The third-order valence-corrected chi connectivity index (χ3v) is 4.21. The third kappa shape index (κ3) is 3.38. The lowest BCUT2D eigenvalue weighted by molar-refractivity contribution is 0.0549. The standard InChI is InChI=1S/C16H24N2O2/c1-12-9-18(10-13(2)17(12)3)11-16(19)14-5-7-15(20-4)8-6-14/h5-8,12-13H,9-11H2,1-4H3. The number of methoxy groups -OCH3 is 1. The van der Waals surface area contributed by atoms with Gasteiger partial charge in [-0.05, 0) is 45.2 Å². The van der Waals surface area contributed by atoms with E-state index in [1.807, 2.05) is 24.3 Å². The second-order valence-electron chi connectivity index (χ2n) is 5.71. The van der Waals surface area contributed by atoms with Crippen LogP contribution >= 0.6 is 0 Å². The van der Waals surface area contributed by atoms with Gasteiger partial charge >= 0.3 is 0 Å². The van der Waals surface area contributed by atoms with Crippen molar-refractivity contribution in [3.05, 3.63) is 29.8 Å². The molecule has 0 radical (unpaired) electrons. The first-order valence-electron chi connectivity index (χ1n) is 7.12. The van der Waals surface area contributed by atoms with Crippen LogP contribution in [0.15, 0.2) is 24.3 Å². The normalized spacial score (nSPS) is 24.6. The Balaban J connectivity index is 1.97. The first kappa shape index (κ1) is 15.0. The summed E-state index contributed by atoms with van der Waals surface area (Å²) in [4.78, 5) is 16.9. The summed E-state index contributed by atoms with van der Waals surface area (Å²) in [5.41, 5.74) is 0.755. The molecule has 0 aromatic heterocycles. The smallest absolute Gasteiger partial charge is 0.176 e. The highest BCUT2D eigenvalue weighted by atomic mass is 16.5. The predicted molar refractivity (Wildman–Crippen MR) is 80.5 cm³/mol. The predicted octanol–water partition coefficient (Wildman–Crippen LogP) is 1.90. The molecule has 1 aliphatic rings. The zero-order chi connectivity index (χ0) is 14.7. The second kappa shape index (κ2) is 6.37. The average Bonchev–Trinajstić information content (AvgIpc) is 2.44. The van der Waals surface area contributed by atoms with Crippen molar-refractivity contribution < 1.29 is 9.53 Å². The highest BCUT2D eigenvalue weighted by Gasteiger charge is 2.27. The van der Waals surface area contributed by atoms with Gasteiger partial charge in [0, 0.05) is 30.7 Å². The summed E-state index contributed by atoms with van der Waals surface area (Å²) in [6.07, 6.45) is 0. The van der Waals surface area contributed by atoms with Gasteiger partial charge in [-0.3, -0.25) is 14.6 Å². The molecule has 0 spiro atoms. The van der Waals surface area contributed by atoms with Crippen LogP contribution in [0.3, 0.4) is 0 Å². The molecule has 1 aromatic carbocycles. The van der Waals surface area contributed by atoms with Gasteiger partial charge in [0.05, 0.1) is 13.7 Å². The van der Waals surface area contributed by atoms with Gasteiger partial charge in [-0.2, -0.15) is 0 Å². The summed E-state index contributed by atoms with van der Waals surface area (Å²) in [5.74, 6) is 0.958. The van der Waals surface area contributed by atoms with Crippen molar-refractivity contribution in [2.24, 2.45) is 0 Å². The van der Waals surface area contributed by atoms with Gasteiger partial charge in [0.1, 0.15) is 5.75 Å². The SMILES string of the molecule is COc1ccc(C(=O)CN2CC(C)N(C)C(C)C2)cc1. The summed E-state index contributed by atoms with van der Waals surface area (Å²) in [6, 6.07) is 8.32. The Labute approximate surface area is 121 Å². The lowest BCUT2D eigenvalue weighted by Crippen LogP contribution is -2.55. The van der Waals surface area contributed by atoms with Gasteiger partial charge in [0.2, 0.25) is 0 Å². The van der Waals surface area contributed by atoms with Crippen molar-refractivity contribution in [3.8, 4) is 5.75 Å². The molecule has 0 saturated carbocycles. The summed E-state index contributed by atoms with van der Waals surface area (Å²) in [5, 5.41) is 0. The summed E-state index contributed by atoms with van der Waals surface area (Å²) in [7, 11) is 3.78. The fourth-order valence-corrected chi connectivity index (χ4v) is 2.71. The molecule has 0 aliphatic carbocycles. The number of benzene rings is 1. The van der Waals surface area contributed by atoms with Gasteiger partial charge in [-0.15, -0.1) is 0 Å². The van der Waals surface area contributed by atoms with Gasteiger partial charge in [-0.1, -0.05) is 0 Å². The van der Waals surface area contributed by atoms with E-state index in [9.17, 15) is 4.79 Å². The number of rotatable bonds is 4. The molecule has 0 bridgehead atoms. The minimum absolute atomic E-state index is 0.177. The van der Waals surface area contributed by atoms with Crippen LogP contribution in [0.4, 0.5) is 0 Å². The molecule has 4 heteroatoms. The Morgan fingerprint density at radius 2 is 1.75 bits per heavy atom. The van der Waals surface area contributed by atoms with E-state index >= 15 is 0 Å². The second-order valence-corrected chi connectivity index (χ2v) is 5.71. The Morgan fingerprint density at radius 1 is 1.20 bits per heavy atom. The zero-order valence-corrected chi connectivity index (χ0v) is 12.8. The van der Waals surface area contributed by atoms with Crippen molar-refractivity contribution in [2.75, 3.05) is 33.8 Å². The van der Waals surface area contributed by atoms with Crippen molar-refractivity contribution in [3.63, 3.8) is 0 Å². The van der Waals surface area contributed by atoms with Gasteiger partial charge in [-0.25, -0.2) is 0 Å². The van der Waals surface area contributed by atoms with Crippen LogP contribution in [0.2, 0.25) is 0 Å². The molecule has 1 saturated heterocycles. The minimum Gasteiger partial charge on any atom is -0.497 e. The maximum absolute atomic E-state index is 12.3. The van der Waals surface area contributed by atoms with Crippen LogP contribution in [-0.4, -0.2) is 61.5 Å². The first-order chi connectivity index (χ1) is 9.51. The maximum atomic E-state index is 12.3. The molecule has 1 aromatic rings. The highest BCUT2D eigenvalue weighted by molar-refractivity contribution is 5.97. The Bertz CT molecular complexity index is 446. The van der Waals surface area contributed by atoms with E-state index in [2.05, 4.69) is 30.7 Å². The number of likely N-dealkylation sites (N-methyl/N-ethyl adjacent to an activating group) is 1. The van der Waals surface area contributed by atoms with Crippen LogP contribution in [-0.2, 0) is 0 Å². The molecule has 2 atom stereocenters. The minimum atomic E-state index is 0.177. The van der Waals surface area contributed by atoms with Crippen molar-refractivity contribution in [1.29, 1.82) is 0 Å². The molecule has 1 heterocycles.